The largest absolute Gasteiger partial charge is 0.336 e. The van der Waals surface area contributed by atoms with Gasteiger partial charge in [0, 0.05) is 31.9 Å². The number of nitrogens with two attached hydrogens (primary N) is 1. The van der Waals surface area contributed by atoms with Crippen molar-refractivity contribution in [1.29, 1.82) is 0 Å². The van der Waals surface area contributed by atoms with Crippen LogP contribution in [0.25, 0.3) is 0 Å². The molecule has 6 nitrogen and oxygen atoms in total. The second-order valence-electron chi connectivity index (χ2n) is 4.31. The fraction of sp³-hybridized carbons (Fsp3) is 0.700. The van der Waals surface area contributed by atoms with Crippen molar-refractivity contribution in [3.63, 3.8) is 0 Å². The minimum atomic E-state index is -3.46. The smallest absolute Gasteiger partial charge is 0.262 e. The van der Waals surface area contributed by atoms with E-state index in [1.807, 2.05) is 6.92 Å². The van der Waals surface area contributed by atoms with Crippen molar-refractivity contribution in [2.24, 2.45) is 5.73 Å². The standard InChI is InChI=1S/C10H18N4O2S/c1-2-13-7-10(12-8-13)17(15,16)14-5-3-4-9(11)6-14/h7-9H,2-6,11H2,1H3. The van der Waals surface area contributed by atoms with Gasteiger partial charge in [0.1, 0.15) is 0 Å². The summed E-state index contributed by atoms with van der Waals surface area (Å²) in [7, 11) is -3.46. The van der Waals surface area contributed by atoms with E-state index in [4.69, 9.17) is 5.73 Å². The fourth-order valence-electron chi connectivity index (χ4n) is 1.97. The maximum absolute atomic E-state index is 12.3. The first kappa shape index (κ1) is 12.5. The molecule has 1 aliphatic rings. The van der Waals surface area contributed by atoms with Gasteiger partial charge in [-0.05, 0) is 19.8 Å². The molecule has 1 aromatic rings. The minimum absolute atomic E-state index is 0.0632. The van der Waals surface area contributed by atoms with E-state index in [0.29, 0.717) is 19.6 Å². The molecular formula is C10H18N4O2S. The maximum atomic E-state index is 12.3. The van der Waals surface area contributed by atoms with Crippen LogP contribution in [0.15, 0.2) is 17.6 Å². The van der Waals surface area contributed by atoms with Gasteiger partial charge < -0.3 is 10.3 Å². The first-order chi connectivity index (χ1) is 8.04. The monoisotopic (exact) mass is 258 g/mol. The van der Waals surface area contributed by atoms with Gasteiger partial charge in [0.2, 0.25) is 0 Å². The number of hydrogen-bond donors (Lipinski definition) is 1. The van der Waals surface area contributed by atoms with E-state index in [2.05, 4.69) is 4.98 Å². The summed E-state index contributed by atoms with van der Waals surface area (Å²) in [5, 5.41) is 0.119. The normalized spacial score (nSPS) is 22.8. The molecule has 0 aliphatic carbocycles. The number of sulfonamides is 1. The molecule has 0 radical (unpaired) electrons. The van der Waals surface area contributed by atoms with Gasteiger partial charge in [-0.15, -0.1) is 0 Å². The van der Waals surface area contributed by atoms with Gasteiger partial charge in [-0.1, -0.05) is 0 Å². The van der Waals surface area contributed by atoms with Gasteiger partial charge in [0.05, 0.1) is 6.33 Å². The zero-order valence-corrected chi connectivity index (χ0v) is 10.7. The molecule has 1 atom stereocenters. The molecule has 1 aliphatic heterocycles. The molecule has 0 aromatic carbocycles. The lowest BCUT2D eigenvalue weighted by atomic mass is 10.1. The van der Waals surface area contributed by atoms with Crippen LogP contribution in [-0.4, -0.2) is 41.4 Å². The lowest BCUT2D eigenvalue weighted by Crippen LogP contribution is -2.45. The van der Waals surface area contributed by atoms with E-state index in [1.165, 1.54) is 10.6 Å². The average molecular weight is 258 g/mol. The molecule has 2 N–H and O–H groups in total. The summed E-state index contributed by atoms with van der Waals surface area (Å²) in [5.41, 5.74) is 5.80. The second kappa shape index (κ2) is 4.75. The van der Waals surface area contributed by atoms with Crippen molar-refractivity contribution in [3.05, 3.63) is 12.5 Å². The van der Waals surface area contributed by atoms with Crippen LogP contribution in [-0.2, 0) is 16.6 Å². The summed E-state index contributed by atoms with van der Waals surface area (Å²) in [4.78, 5) is 3.95. The molecule has 1 fully saturated rings. The van der Waals surface area contributed by atoms with Crippen LogP contribution in [0.1, 0.15) is 19.8 Å². The Labute approximate surface area is 101 Å². The van der Waals surface area contributed by atoms with Crippen LogP contribution >= 0.6 is 0 Å². The highest BCUT2D eigenvalue weighted by Crippen LogP contribution is 2.18. The van der Waals surface area contributed by atoms with Crippen LogP contribution < -0.4 is 5.73 Å². The highest BCUT2D eigenvalue weighted by atomic mass is 32.2. The number of imidazole rings is 1. The molecule has 2 rings (SSSR count). The average Bonchev–Trinajstić information content (AvgIpc) is 2.78. The molecule has 17 heavy (non-hydrogen) atoms. The summed E-state index contributed by atoms with van der Waals surface area (Å²) in [6.07, 6.45) is 4.80. The summed E-state index contributed by atoms with van der Waals surface area (Å²) >= 11 is 0. The van der Waals surface area contributed by atoms with Gasteiger partial charge >= 0.3 is 0 Å². The Hall–Kier alpha value is -0.920. The molecule has 0 spiro atoms. The lowest BCUT2D eigenvalue weighted by Gasteiger charge is -2.29. The molecule has 96 valence electrons. The van der Waals surface area contributed by atoms with E-state index in [1.54, 1.807) is 10.8 Å². The van der Waals surface area contributed by atoms with E-state index in [0.717, 1.165) is 12.8 Å². The highest BCUT2D eigenvalue weighted by Gasteiger charge is 2.30. The van der Waals surface area contributed by atoms with Crippen molar-refractivity contribution in [2.75, 3.05) is 13.1 Å². The Morgan fingerprint density at radius 3 is 2.94 bits per heavy atom. The second-order valence-corrected chi connectivity index (χ2v) is 6.19. The molecule has 1 aromatic heterocycles. The van der Waals surface area contributed by atoms with Crippen LogP contribution in [0.5, 0.6) is 0 Å². The van der Waals surface area contributed by atoms with E-state index in [9.17, 15) is 8.42 Å². The van der Waals surface area contributed by atoms with Gasteiger partial charge in [0.25, 0.3) is 10.0 Å². The Kier molecular flexibility index (Phi) is 3.50. The number of piperidine rings is 1. The van der Waals surface area contributed by atoms with Crippen molar-refractivity contribution < 1.29 is 8.42 Å². The van der Waals surface area contributed by atoms with E-state index < -0.39 is 10.0 Å². The van der Waals surface area contributed by atoms with Crippen molar-refractivity contribution in [2.45, 2.75) is 37.4 Å². The predicted molar refractivity (Wildman–Crippen MR) is 63.9 cm³/mol. The SMILES string of the molecule is CCn1cnc(S(=O)(=O)N2CCCC(N)C2)c1. The van der Waals surface area contributed by atoms with Crippen LogP contribution in [0.4, 0.5) is 0 Å². The molecule has 1 unspecified atom stereocenters. The molecule has 1 saturated heterocycles. The van der Waals surface area contributed by atoms with Gasteiger partial charge in [-0.3, -0.25) is 0 Å². The van der Waals surface area contributed by atoms with Crippen molar-refractivity contribution in [3.8, 4) is 0 Å². The van der Waals surface area contributed by atoms with Crippen LogP contribution in [0, 0.1) is 0 Å². The first-order valence-electron chi connectivity index (χ1n) is 5.81. The maximum Gasteiger partial charge on any atom is 0.262 e. The Bertz CT molecular complexity index is 482. The third-order valence-corrected chi connectivity index (χ3v) is 4.75. The summed E-state index contributed by atoms with van der Waals surface area (Å²) in [5.74, 6) is 0. The number of aromatic nitrogens is 2. The Balaban J connectivity index is 2.23. The third-order valence-electron chi connectivity index (χ3n) is 3.00. The topological polar surface area (TPSA) is 81.2 Å². The van der Waals surface area contributed by atoms with Gasteiger partial charge in [-0.25, -0.2) is 13.4 Å². The third kappa shape index (κ3) is 2.51. The van der Waals surface area contributed by atoms with Crippen LogP contribution in [0.2, 0.25) is 0 Å². The quantitative estimate of drug-likeness (QED) is 0.828. The van der Waals surface area contributed by atoms with E-state index >= 15 is 0 Å². The number of aryl methyl sites for hydroxylation is 1. The Morgan fingerprint density at radius 2 is 2.35 bits per heavy atom. The highest BCUT2D eigenvalue weighted by molar-refractivity contribution is 7.89. The first-order valence-corrected chi connectivity index (χ1v) is 7.25. The molecule has 0 bridgehead atoms. The number of nitrogens with zero attached hydrogens (tertiary/aromatic N) is 3. The van der Waals surface area contributed by atoms with Crippen molar-refractivity contribution in [1.82, 2.24) is 13.9 Å². The molecule has 0 amide bonds. The summed E-state index contributed by atoms with van der Waals surface area (Å²) in [6, 6.07) is -0.0632. The molecular weight excluding hydrogens is 240 g/mol. The summed E-state index contributed by atoms with van der Waals surface area (Å²) in [6.45, 7) is 3.58. The predicted octanol–water partition coefficient (Wildman–Crippen LogP) is 0.0148. The fourth-order valence-corrected chi connectivity index (χ4v) is 3.44. The minimum Gasteiger partial charge on any atom is -0.336 e. The number of hydrogen-bond acceptors (Lipinski definition) is 4. The van der Waals surface area contributed by atoms with Gasteiger partial charge in [-0.2, -0.15) is 4.31 Å². The van der Waals surface area contributed by atoms with Crippen LogP contribution in [0.3, 0.4) is 0 Å². The summed E-state index contributed by atoms with van der Waals surface area (Å²) < 4.78 is 27.7. The zero-order valence-electron chi connectivity index (χ0n) is 9.91. The Morgan fingerprint density at radius 1 is 1.59 bits per heavy atom. The van der Waals surface area contributed by atoms with Gasteiger partial charge in [0.15, 0.2) is 5.03 Å². The molecule has 0 saturated carbocycles. The lowest BCUT2D eigenvalue weighted by molar-refractivity contribution is 0.315. The van der Waals surface area contributed by atoms with Crippen molar-refractivity contribution >= 4 is 10.0 Å². The molecule has 7 heteroatoms. The number of rotatable bonds is 3. The molecule has 2 heterocycles. The van der Waals surface area contributed by atoms with E-state index in [-0.39, 0.29) is 11.1 Å². The zero-order chi connectivity index (χ0) is 12.5.